The second kappa shape index (κ2) is 11.3. The molecule has 2 heterocycles. The van der Waals surface area contributed by atoms with Crippen molar-refractivity contribution in [2.75, 3.05) is 34.4 Å². The molecule has 0 bridgehead atoms. The van der Waals surface area contributed by atoms with E-state index in [0.29, 0.717) is 48.8 Å². The summed E-state index contributed by atoms with van der Waals surface area (Å²) in [6.07, 6.45) is 1.53. The molecule has 2 aliphatic heterocycles. The molecule has 2 aliphatic rings. The van der Waals surface area contributed by atoms with Crippen molar-refractivity contribution in [3.8, 4) is 23.3 Å². The Morgan fingerprint density at radius 3 is 2.36 bits per heavy atom. The monoisotopic (exact) mass is 493 g/mol. The first-order valence-electron chi connectivity index (χ1n) is 12.0. The zero-order valence-corrected chi connectivity index (χ0v) is 20.8. The summed E-state index contributed by atoms with van der Waals surface area (Å²) in [6.45, 7) is 1.09. The van der Waals surface area contributed by atoms with Crippen LogP contribution in [0.5, 0.6) is 17.2 Å². The Balaban J connectivity index is 1.60. The maximum absolute atomic E-state index is 13.7. The van der Waals surface area contributed by atoms with Crippen molar-refractivity contribution in [2.45, 2.75) is 44.1 Å². The maximum atomic E-state index is 13.7. The van der Waals surface area contributed by atoms with Gasteiger partial charge in [-0.15, -0.1) is 0 Å². The molecule has 2 fully saturated rings. The Kier molecular flexibility index (Phi) is 7.96. The summed E-state index contributed by atoms with van der Waals surface area (Å²) in [7, 11) is 4.56. The molecule has 0 saturated carbocycles. The highest BCUT2D eigenvalue weighted by Crippen LogP contribution is 2.40. The Labute approximate surface area is 211 Å². The van der Waals surface area contributed by atoms with Crippen molar-refractivity contribution in [3.63, 3.8) is 0 Å². The second-order valence-corrected chi connectivity index (χ2v) is 8.87. The average Bonchev–Trinajstić information content (AvgIpc) is 3.58. The van der Waals surface area contributed by atoms with Crippen molar-refractivity contribution in [1.29, 1.82) is 5.26 Å². The summed E-state index contributed by atoms with van der Waals surface area (Å²) in [4.78, 5) is 30.2. The quantitative estimate of drug-likeness (QED) is 0.557. The van der Waals surface area contributed by atoms with Crippen LogP contribution in [0.1, 0.15) is 35.2 Å². The molecule has 2 saturated heterocycles. The molecular formula is C27H31N3O6. The molecule has 2 aromatic rings. The van der Waals surface area contributed by atoms with Crippen LogP contribution >= 0.6 is 0 Å². The first-order chi connectivity index (χ1) is 17.5. The van der Waals surface area contributed by atoms with E-state index < -0.39 is 12.1 Å². The predicted octanol–water partition coefficient (Wildman–Crippen LogP) is 3.03. The molecule has 0 aliphatic carbocycles. The molecule has 4 rings (SSSR count). The van der Waals surface area contributed by atoms with Crippen LogP contribution in [-0.2, 0) is 16.1 Å². The fraction of sp³-hybridized carbons (Fsp3) is 0.444. The molecule has 9 nitrogen and oxygen atoms in total. The molecule has 0 N–H and O–H groups in total. The van der Waals surface area contributed by atoms with Crippen LogP contribution in [0, 0.1) is 11.3 Å². The summed E-state index contributed by atoms with van der Waals surface area (Å²) in [6, 6.07) is 13.9. The first kappa shape index (κ1) is 25.3. The van der Waals surface area contributed by atoms with E-state index >= 15 is 0 Å². The lowest BCUT2D eigenvalue weighted by Crippen LogP contribution is -2.49. The van der Waals surface area contributed by atoms with Crippen LogP contribution in [0.2, 0.25) is 0 Å². The fourth-order valence-electron chi connectivity index (χ4n) is 4.82. The minimum absolute atomic E-state index is 0.214. The number of hydrogen-bond acceptors (Lipinski definition) is 7. The molecule has 2 aromatic carbocycles. The van der Waals surface area contributed by atoms with Gasteiger partial charge in [0.05, 0.1) is 26.4 Å². The fourth-order valence-corrected chi connectivity index (χ4v) is 4.82. The minimum atomic E-state index is -0.706. The molecule has 3 atom stereocenters. The zero-order chi connectivity index (χ0) is 25.7. The van der Waals surface area contributed by atoms with Gasteiger partial charge < -0.3 is 28.7 Å². The summed E-state index contributed by atoms with van der Waals surface area (Å²) in [5.41, 5.74) is 1.28. The number of ether oxygens (including phenoxy) is 4. The number of carbonyl (C=O) groups excluding carboxylic acids is 2. The normalized spacial score (nSPS) is 21.2. The van der Waals surface area contributed by atoms with Gasteiger partial charge in [-0.3, -0.25) is 9.59 Å². The number of nitrogens with zero attached hydrogens (tertiary/aromatic N) is 3. The zero-order valence-electron chi connectivity index (χ0n) is 20.8. The highest BCUT2D eigenvalue weighted by atomic mass is 16.5. The van der Waals surface area contributed by atoms with Crippen molar-refractivity contribution in [3.05, 3.63) is 53.6 Å². The first-order valence-corrected chi connectivity index (χ1v) is 12.0. The van der Waals surface area contributed by atoms with E-state index in [1.54, 1.807) is 24.1 Å². The van der Waals surface area contributed by atoms with Crippen molar-refractivity contribution in [2.24, 2.45) is 0 Å². The Hall–Kier alpha value is -3.77. The number of amides is 2. The van der Waals surface area contributed by atoms with E-state index in [4.69, 9.17) is 18.9 Å². The lowest BCUT2D eigenvalue weighted by Gasteiger charge is -2.29. The number of methoxy groups -OCH3 is 3. The largest absolute Gasteiger partial charge is 0.493 e. The Bertz CT molecular complexity index is 1110. The highest BCUT2D eigenvalue weighted by Gasteiger charge is 2.44. The van der Waals surface area contributed by atoms with E-state index in [1.165, 1.54) is 19.1 Å². The van der Waals surface area contributed by atoms with E-state index in [-0.39, 0.29) is 24.5 Å². The van der Waals surface area contributed by atoms with Crippen LogP contribution in [0.4, 0.5) is 0 Å². The summed E-state index contributed by atoms with van der Waals surface area (Å²) >= 11 is 0. The van der Waals surface area contributed by atoms with Crippen molar-refractivity contribution < 1.29 is 28.5 Å². The Morgan fingerprint density at radius 2 is 1.75 bits per heavy atom. The molecule has 36 heavy (non-hydrogen) atoms. The van der Waals surface area contributed by atoms with Gasteiger partial charge in [0.15, 0.2) is 11.5 Å². The van der Waals surface area contributed by atoms with Crippen LogP contribution in [-0.4, -0.2) is 74.2 Å². The van der Waals surface area contributed by atoms with Gasteiger partial charge in [0, 0.05) is 32.2 Å². The van der Waals surface area contributed by atoms with Gasteiger partial charge in [-0.25, -0.2) is 0 Å². The van der Waals surface area contributed by atoms with E-state index in [9.17, 15) is 14.9 Å². The van der Waals surface area contributed by atoms with Gasteiger partial charge in [0.1, 0.15) is 18.7 Å². The van der Waals surface area contributed by atoms with Gasteiger partial charge in [0.2, 0.25) is 11.7 Å². The number of carbonyl (C=O) groups is 2. The smallest absolute Gasteiger partial charge is 0.254 e. The van der Waals surface area contributed by atoms with Crippen molar-refractivity contribution in [1.82, 2.24) is 9.80 Å². The summed E-state index contributed by atoms with van der Waals surface area (Å²) < 4.78 is 22.6. The molecule has 0 spiro atoms. The molecule has 0 aromatic heterocycles. The molecule has 190 valence electrons. The maximum Gasteiger partial charge on any atom is 0.254 e. The third-order valence-electron chi connectivity index (χ3n) is 6.76. The Morgan fingerprint density at radius 1 is 1.06 bits per heavy atom. The summed E-state index contributed by atoms with van der Waals surface area (Å²) in [5, 5.41) is 9.45. The van der Waals surface area contributed by atoms with E-state index in [0.717, 1.165) is 12.0 Å². The number of hydrogen-bond donors (Lipinski definition) is 0. The van der Waals surface area contributed by atoms with Crippen LogP contribution in [0.3, 0.4) is 0 Å². The lowest BCUT2D eigenvalue weighted by molar-refractivity contribution is -0.135. The number of nitriles is 1. The van der Waals surface area contributed by atoms with Crippen LogP contribution in [0.15, 0.2) is 42.5 Å². The van der Waals surface area contributed by atoms with E-state index in [1.807, 2.05) is 30.3 Å². The highest BCUT2D eigenvalue weighted by molar-refractivity contribution is 5.99. The minimum Gasteiger partial charge on any atom is -0.493 e. The van der Waals surface area contributed by atoms with Gasteiger partial charge >= 0.3 is 0 Å². The number of likely N-dealkylation sites (tertiary alicyclic amines) is 2. The number of rotatable bonds is 8. The van der Waals surface area contributed by atoms with Crippen LogP contribution < -0.4 is 14.2 Å². The topological polar surface area (TPSA) is 101 Å². The third-order valence-corrected chi connectivity index (χ3v) is 6.76. The summed E-state index contributed by atoms with van der Waals surface area (Å²) in [5.74, 6) is 0.532. The third kappa shape index (κ3) is 5.09. The standard InChI is InChI=1S/C27H31N3O6/c1-33-21-14-22(27(32)29-11-7-10-20(29)15-28)30(16-21)26(31)19-12-23(34-2)25(24(13-19)35-3)36-17-18-8-5-4-6-9-18/h4-6,8-9,12-13,20-22H,7,10-11,14,16-17H2,1-3H3. The SMILES string of the molecule is COc1cc(C(=O)N2CC(OC)CC2C(=O)N2CCCC2C#N)cc(OC)c1OCc1ccccc1. The van der Waals surface area contributed by atoms with Crippen molar-refractivity contribution >= 4 is 11.8 Å². The molecule has 3 unspecified atom stereocenters. The lowest BCUT2D eigenvalue weighted by atomic mass is 10.1. The van der Waals surface area contributed by atoms with Crippen LogP contribution in [0.25, 0.3) is 0 Å². The molecule has 2 amide bonds. The van der Waals surface area contributed by atoms with Gasteiger partial charge in [0.25, 0.3) is 5.91 Å². The molecule has 0 radical (unpaired) electrons. The average molecular weight is 494 g/mol. The van der Waals surface area contributed by atoms with Gasteiger partial charge in [-0.1, -0.05) is 30.3 Å². The van der Waals surface area contributed by atoms with Gasteiger partial charge in [-0.05, 0) is 30.5 Å². The molecule has 9 heteroatoms. The number of benzene rings is 2. The van der Waals surface area contributed by atoms with Gasteiger partial charge in [-0.2, -0.15) is 5.26 Å². The molecular weight excluding hydrogens is 462 g/mol. The predicted molar refractivity (Wildman–Crippen MR) is 131 cm³/mol. The second-order valence-electron chi connectivity index (χ2n) is 8.87. The van der Waals surface area contributed by atoms with E-state index in [2.05, 4.69) is 6.07 Å².